The van der Waals surface area contributed by atoms with Gasteiger partial charge in [-0.1, -0.05) is 36.4 Å². The maximum atomic E-state index is 12.7. The Bertz CT molecular complexity index is 748. The summed E-state index contributed by atoms with van der Waals surface area (Å²) in [4.78, 5) is 32.0. The number of amides is 1. The zero-order valence-corrected chi connectivity index (χ0v) is 14.0. The third-order valence-corrected chi connectivity index (χ3v) is 5.16. The number of nitrogens with zero attached hydrogens (tertiary/aromatic N) is 2. The van der Waals surface area contributed by atoms with E-state index in [1.807, 2.05) is 30.3 Å². The summed E-state index contributed by atoms with van der Waals surface area (Å²) in [5.41, 5.74) is 0.773. The minimum Gasteiger partial charge on any atom is -0.405 e. The van der Waals surface area contributed by atoms with Crippen molar-refractivity contribution < 1.29 is 9.63 Å². The van der Waals surface area contributed by atoms with Gasteiger partial charge in [0.1, 0.15) is 17.0 Å². The summed E-state index contributed by atoms with van der Waals surface area (Å²) < 4.78 is 0.874. The van der Waals surface area contributed by atoms with Gasteiger partial charge in [-0.15, -0.1) is 29.1 Å². The van der Waals surface area contributed by atoms with Gasteiger partial charge in [-0.05, 0) is 11.6 Å². The van der Waals surface area contributed by atoms with Crippen LogP contribution in [-0.4, -0.2) is 32.5 Å². The van der Waals surface area contributed by atoms with Crippen LogP contribution in [0.2, 0.25) is 0 Å². The fourth-order valence-corrected chi connectivity index (χ4v) is 3.72. The highest BCUT2D eigenvalue weighted by molar-refractivity contribution is 8.10. The van der Waals surface area contributed by atoms with Crippen molar-refractivity contribution >= 4 is 30.3 Å². The molecule has 5 nitrogen and oxygen atoms in total. The second kappa shape index (κ2) is 7.14. The predicted octanol–water partition coefficient (Wildman–Crippen LogP) is 1.88. The van der Waals surface area contributed by atoms with E-state index in [0.29, 0.717) is 6.54 Å². The fourth-order valence-electron chi connectivity index (χ4n) is 2.29. The molecule has 0 aliphatic carbocycles. The van der Waals surface area contributed by atoms with E-state index in [1.165, 1.54) is 6.07 Å². The Labute approximate surface area is 143 Å². The molecular weight excluding hydrogens is 332 g/mol. The first-order valence-electron chi connectivity index (χ1n) is 7.17. The van der Waals surface area contributed by atoms with Crippen molar-refractivity contribution in [2.24, 2.45) is 0 Å². The first-order valence-corrected chi connectivity index (χ1v) is 8.73. The van der Waals surface area contributed by atoms with Gasteiger partial charge in [0.15, 0.2) is 0 Å². The molecule has 0 N–H and O–H groups in total. The van der Waals surface area contributed by atoms with Crippen LogP contribution in [0.3, 0.4) is 0 Å². The average Bonchev–Trinajstić information content (AvgIpc) is 3.00. The van der Waals surface area contributed by atoms with Crippen molar-refractivity contribution in [3.05, 3.63) is 70.1 Å². The van der Waals surface area contributed by atoms with E-state index in [9.17, 15) is 9.59 Å². The molecule has 1 saturated heterocycles. The number of benzene rings is 1. The molecule has 0 bridgehead atoms. The number of carbonyl (C=O) groups excluding carboxylic acids is 1. The van der Waals surface area contributed by atoms with E-state index in [1.54, 1.807) is 28.8 Å². The normalized spacial score (nSPS) is 17.3. The van der Waals surface area contributed by atoms with Gasteiger partial charge in [0.2, 0.25) is 0 Å². The molecule has 23 heavy (non-hydrogen) atoms. The molecule has 1 aliphatic rings. The zero-order chi connectivity index (χ0) is 16.2. The summed E-state index contributed by atoms with van der Waals surface area (Å²) in [6.07, 6.45) is 0. The SMILES string of the molecule is O=C(c1cccc(=O)n1OCc1ccccc1)N1CCSC1S. The Morgan fingerprint density at radius 1 is 1.22 bits per heavy atom. The van der Waals surface area contributed by atoms with Crippen molar-refractivity contribution in [1.29, 1.82) is 0 Å². The molecule has 1 amide bonds. The lowest BCUT2D eigenvalue weighted by Gasteiger charge is -2.21. The van der Waals surface area contributed by atoms with Gasteiger partial charge >= 0.3 is 0 Å². The van der Waals surface area contributed by atoms with Crippen LogP contribution in [-0.2, 0) is 6.61 Å². The van der Waals surface area contributed by atoms with E-state index in [4.69, 9.17) is 4.84 Å². The van der Waals surface area contributed by atoms with Crippen LogP contribution in [0.5, 0.6) is 0 Å². The number of hydrogen-bond acceptors (Lipinski definition) is 5. The van der Waals surface area contributed by atoms with Crippen LogP contribution >= 0.6 is 24.4 Å². The fraction of sp³-hybridized carbons (Fsp3) is 0.250. The Morgan fingerprint density at radius 2 is 2.00 bits per heavy atom. The Balaban J connectivity index is 1.85. The molecule has 2 aromatic rings. The molecule has 2 heterocycles. The number of rotatable bonds is 4. The lowest BCUT2D eigenvalue weighted by Crippen LogP contribution is -2.38. The van der Waals surface area contributed by atoms with Gasteiger partial charge in [-0.2, -0.15) is 0 Å². The second-order valence-corrected chi connectivity index (χ2v) is 7.02. The van der Waals surface area contributed by atoms with Crippen molar-refractivity contribution in [1.82, 2.24) is 9.63 Å². The largest absolute Gasteiger partial charge is 0.405 e. The maximum absolute atomic E-state index is 12.7. The molecule has 1 fully saturated rings. The highest BCUT2D eigenvalue weighted by Gasteiger charge is 2.29. The smallest absolute Gasteiger partial charge is 0.283 e. The summed E-state index contributed by atoms with van der Waals surface area (Å²) in [6, 6.07) is 14.0. The Hall–Kier alpha value is -1.86. The highest BCUT2D eigenvalue weighted by atomic mass is 32.2. The molecule has 0 spiro atoms. The topological polar surface area (TPSA) is 51.5 Å². The van der Waals surface area contributed by atoms with Gasteiger partial charge < -0.3 is 9.74 Å². The van der Waals surface area contributed by atoms with Crippen molar-refractivity contribution in [3.8, 4) is 0 Å². The van der Waals surface area contributed by atoms with Crippen LogP contribution in [0.4, 0.5) is 0 Å². The standard InChI is InChI=1S/C16H16N2O3S2/c19-14-8-4-7-13(15(20)17-9-10-23-16(17)22)18(14)21-11-12-5-2-1-3-6-12/h1-8,16,22H,9-11H2. The Morgan fingerprint density at radius 3 is 2.70 bits per heavy atom. The van der Waals surface area contributed by atoms with Gasteiger partial charge in [-0.3, -0.25) is 9.59 Å². The summed E-state index contributed by atoms with van der Waals surface area (Å²) >= 11 is 5.98. The van der Waals surface area contributed by atoms with Crippen molar-refractivity contribution in [3.63, 3.8) is 0 Å². The Kier molecular flexibility index (Phi) is 4.97. The predicted molar refractivity (Wildman–Crippen MR) is 93.7 cm³/mol. The molecule has 120 valence electrons. The van der Waals surface area contributed by atoms with E-state index < -0.39 is 0 Å². The van der Waals surface area contributed by atoms with Gasteiger partial charge in [-0.25, -0.2) is 0 Å². The summed E-state index contributed by atoms with van der Waals surface area (Å²) in [7, 11) is 0. The summed E-state index contributed by atoms with van der Waals surface area (Å²) in [5, 5.41) is 0. The molecule has 3 rings (SSSR count). The van der Waals surface area contributed by atoms with Crippen LogP contribution in [0.25, 0.3) is 0 Å². The molecule has 1 aliphatic heterocycles. The highest BCUT2D eigenvalue weighted by Crippen LogP contribution is 2.27. The summed E-state index contributed by atoms with van der Waals surface area (Å²) in [5.74, 6) is 0.586. The van der Waals surface area contributed by atoms with Crippen LogP contribution in [0.1, 0.15) is 16.1 Å². The quantitative estimate of drug-likeness (QED) is 0.857. The first kappa shape index (κ1) is 16.0. The zero-order valence-electron chi connectivity index (χ0n) is 12.3. The molecule has 0 saturated carbocycles. The maximum Gasteiger partial charge on any atom is 0.283 e. The molecule has 1 aromatic carbocycles. The number of thiol groups is 1. The number of aromatic nitrogens is 1. The number of hydrogen-bond donors (Lipinski definition) is 1. The van der Waals surface area contributed by atoms with Crippen molar-refractivity contribution in [2.75, 3.05) is 12.3 Å². The van der Waals surface area contributed by atoms with Crippen molar-refractivity contribution in [2.45, 2.75) is 11.3 Å². The van der Waals surface area contributed by atoms with Crippen LogP contribution in [0.15, 0.2) is 53.3 Å². The van der Waals surface area contributed by atoms with E-state index in [0.717, 1.165) is 16.0 Å². The van der Waals surface area contributed by atoms with E-state index >= 15 is 0 Å². The third-order valence-electron chi connectivity index (χ3n) is 3.46. The van der Waals surface area contributed by atoms with Gasteiger partial charge in [0.25, 0.3) is 11.5 Å². The molecular formula is C16H16N2O3S2. The lowest BCUT2D eigenvalue weighted by atomic mass is 10.2. The molecule has 7 heteroatoms. The molecule has 1 atom stereocenters. The first-order chi connectivity index (χ1) is 11.2. The minimum absolute atomic E-state index is 0.194. The number of thioether (sulfide) groups is 1. The molecule has 0 radical (unpaired) electrons. The molecule has 1 aromatic heterocycles. The third kappa shape index (κ3) is 3.56. The number of carbonyl (C=O) groups is 1. The van der Waals surface area contributed by atoms with Crippen LogP contribution in [0, 0.1) is 0 Å². The van der Waals surface area contributed by atoms with Gasteiger partial charge in [0, 0.05) is 18.4 Å². The second-order valence-electron chi connectivity index (χ2n) is 5.00. The lowest BCUT2D eigenvalue weighted by molar-refractivity contribution is 0.0609. The van der Waals surface area contributed by atoms with E-state index in [2.05, 4.69) is 12.6 Å². The van der Waals surface area contributed by atoms with E-state index in [-0.39, 0.29) is 28.5 Å². The van der Waals surface area contributed by atoms with Gasteiger partial charge in [0.05, 0.1) is 0 Å². The minimum atomic E-state index is -0.366. The number of pyridine rings is 1. The molecule has 1 unspecified atom stereocenters. The summed E-state index contributed by atoms with van der Waals surface area (Å²) in [6.45, 7) is 0.823. The van der Waals surface area contributed by atoms with Crippen LogP contribution < -0.4 is 10.4 Å². The average molecular weight is 348 g/mol. The monoisotopic (exact) mass is 348 g/mol.